The maximum atomic E-state index is 13.0. The Morgan fingerprint density at radius 3 is 2.48 bits per heavy atom. The summed E-state index contributed by atoms with van der Waals surface area (Å²) in [7, 11) is 1.62. The van der Waals surface area contributed by atoms with Crippen LogP contribution >= 0.6 is 0 Å². The second-order valence-corrected chi connectivity index (χ2v) is 8.76. The van der Waals surface area contributed by atoms with Gasteiger partial charge < -0.3 is 24.6 Å². The second-order valence-electron chi connectivity index (χ2n) is 8.76. The number of aromatic nitrogens is 1. The number of piperidine rings is 1. The van der Waals surface area contributed by atoms with Crippen LogP contribution in [0.15, 0.2) is 24.5 Å². The molecule has 170 valence electrons. The molecule has 1 aromatic heterocycles. The molecule has 3 fully saturated rings. The number of nitrogens with one attached hydrogen (secondary N) is 1. The average molecular weight is 431 g/mol. The summed E-state index contributed by atoms with van der Waals surface area (Å²) in [5, 5.41) is 3.21. The summed E-state index contributed by atoms with van der Waals surface area (Å²) >= 11 is 0. The molecular formula is C23H34N4O4. The van der Waals surface area contributed by atoms with E-state index in [9.17, 15) is 9.59 Å². The number of likely N-dealkylation sites (tertiary alicyclic amines) is 2. The van der Waals surface area contributed by atoms with Gasteiger partial charge in [-0.25, -0.2) is 4.79 Å². The molecule has 0 bridgehead atoms. The van der Waals surface area contributed by atoms with Crippen molar-refractivity contribution in [2.45, 2.75) is 69.2 Å². The Morgan fingerprint density at radius 2 is 1.81 bits per heavy atom. The number of nitrogens with zero attached hydrogens (tertiary/aromatic N) is 3. The molecule has 4 rings (SSSR count). The van der Waals surface area contributed by atoms with Crippen LogP contribution in [0.2, 0.25) is 0 Å². The Balaban J connectivity index is 1.35. The predicted octanol–water partition coefficient (Wildman–Crippen LogP) is 2.50. The Bertz CT molecular complexity index is 732. The minimum atomic E-state index is -0.481. The summed E-state index contributed by atoms with van der Waals surface area (Å²) in [4.78, 5) is 33.6. The predicted molar refractivity (Wildman–Crippen MR) is 115 cm³/mol. The molecule has 1 N–H and O–H groups in total. The van der Waals surface area contributed by atoms with Gasteiger partial charge in [-0.15, -0.1) is 0 Å². The van der Waals surface area contributed by atoms with E-state index in [-0.39, 0.29) is 24.0 Å². The Hall–Kier alpha value is -2.19. The van der Waals surface area contributed by atoms with Crippen LogP contribution in [0.25, 0.3) is 0 Å². The van der Waals surface area contributed by atoms with E-state index in [4.69, 9.17) is 9.47 Å². The number of ether oxygens (including phenoxy) is 2. The van der Waals surface area contributed by atoms with Gasteiger partial charge in [0.1, 0.15) is 0 Å². The van der Waals surface area contributed by atoms with Crippen LogP contribution in [0.5, 0.6) is 0 Å². The molecule has 2 saturated heterocycles. The van der Waals surface area contributed by atoms with E-state index in [1.165, 1.54) is 19.3 Å². The molecule has 1 saturated carbocycles. The lowest BCUT2D eigenvalue weighted by Gasteiger charge is -2.52. The first-order chi connectivity index (χ1) is 15.2. The molecular weight excluding hydrogens is 396 g/mol. The lowest BCUT2D eigenvalue weighted by molar-refractivity contribution is -0.183. The minimum Gasteiger partial charge on any atom is -0.382 e. The first kappa shape index (κ1) is 22.0. The van der Waals surface area contributed by atoms with Crippen molar-refractivity contribution in [3.05, 3.63) is 30.1 Å². The molecule has 8 heteroatoms. The van der Waals surface area contributed by atoms with E-state index >= 15 is 0 Å². The highest BCUT2D eigenvalue weighted by Gasteiger charge is 2.52. The highest BCUT2D eigenvalue weighted by molar-refractivity contribution is 5.89. The Kier molecular flexibility index (Phi) is 7.40. The third kappa shape index (κ3) is 5.01. The molecule has 0 unspecified atom stereocenters. The SMILES string of the molecule is COCCO[C@H]1C(=O)N(C2CCN(C(=O)NC3CCCCC3)CC2)[C@H]1c1ccncc1. The van der Waals surface area contributed by atoms with E-state index < -0.39 is 6.10 Å². The molecule has 31 heavy (non-hydrogen) atoms. The quantitative estimate of drug-likeness (QED) is 0.531. The van der Waals surface area contributed by atoms with Crippen LogP contribution in [0.4, 0.5) is 4.79 Å². The van der Waals surface area contributed by atoms with Gasteiger partial charge in [-0.3, -0.25) is 9.78 Å². The lowest BCUT2D eigenvalue weighted by Crippen LogP contribution is -2.65. The zero-order valence-corrected chi connectivity index (χ0v) is 18.4. The Labute approximate surface area is 184 Å². The molecule has 3 heterocycles. The van der Waals surface area contributed by atoms with E-state index in [1.807, 2.05) is 21.9 Å². The first-order valence-corrected chi connectivity index (χ1v) is 11.6. The topological polar surface area (TPSA) is 84.0 Å². The van der Waals surface area contributed by atoms with Gasteiger partial charge in [-0.05, 0) is 43.4 Å². The molecule has 8 nitrogen and oxygen atoms in total. The highest BCUT2D eigenvalue weighted by Crippen LogP contribution is 2.40. The largest absolute Gasteiger partial charge is 0.382 e. The van der Waals surface area contributed by atoms with Gasteiger partial charge >= 0.3 is 6.03 Å². The van der Waals surface area contributed by atoms with E-state index in [0.717, 1.165) is 31.2 Å². The summed E-state index contributed by atoms with van der Waals surface area (Å²) in [5.74, 6) is 0.0306. The number of amides is 3. The third-order valence-corrected chi connectivity index (χ3v) is 6.79. The van der Waals surface area contributed by atoms with Crippen molar-refractivity contribution in [3.63, 3.8) is 0 Å². The fourth-order valence-electron chi connectivity index (χ4n) is 5.07. The number of methoxy groups -OCH3 is 1. The summed E-state index contributed by atoms with van der Waals surface area (Å²) in [5.41, 5.74) is 1.04. The third-order valence-electron chi connectivity index (χ3n) is 6.79. The van der Waals surface area contributed by atoms with Crippen molar-refractivity contribution >= 4 is 11.9 Å². The average Bonchev–Trinajstić information content (AvgIpc) is 2.81. The maximum absolute atomic E-state index is 13.0. The van der Waals surface area contributed by atoms with Crippen molar-refractivity contribution in [3.8, 4) is 0 Å². The van der Waals surface area contributed by atoms with Crippen LogP contribution in [-0.2, 0) is 14.3 Å². The van der Waals surface area contributed by atoms with Crippen molar-refractivity contribution in [2.75, 3.05) is 33.4 Å². The molecule has 0 radical (unpaired) electrons. The van der Waals surface area contributed by atoms with Crippen LogP contribution in [0, 0.1) is 0 Å². The van der Waals surface area contributed by atoms with Crippen LogP contribution in [0.1, 0.15) is 56.6 Å². The van der Waals surface area contributed by atoms with Gasteiger partial charge in [-0.1, -0.05) is 19.3 Å². The van der Waals surface area contributed by atoms with Gasteiger partial charge in [0, 0.05) is 44.7 Å². The fourth-order valence-corrected chi connectivity index (χ4v) is 5.07. The molecule has 1 aromatic rings. The number of hydrogen-bond donors (Lipinski definition) is 1. The smallest absolute Gasteiger partial charge is 0.317 e. The Morgan fingerprint density at radius 1 is 1.10 bits per heavy atom. The normalized spacial score (nSPS) is 25.4. The summed E-state index contributed by atoms with van der Waals surface area (Å²) in [6.07, 6.45) is 10.4. The standard InChI is InChI=1S/C23H34N4O4/c1-30-15-16-31-21-20(17-7-11-24-12-8-17)27(22(21)28)19-9-13-26(14-10-19)23(29)25-18-5-3-2-4-6-18/h7-8,11-12,18-21H,2-6,9-10,13-16H2,1H3,(H,25,29)/t20-,21+/m0/s1. The summed E-state index contributed by atoms with van der Waals surface area (Å²) < 4.78 is 10.9. The highest BCUT2D eigenvalue weighted by atomic mass is 16.5. The second kappa shape index (κ2) is 10.4. The molecule has 1 aliphatic carbocycles. The minimum absolute atomic E-state index is 0.0306. The van der Waals surface area contributed by atoms with Crippen molar-refractivity contribution in [1.29, 1.82) is 0 Å². The molecule has 2 aliphatic heterocycles. The number of urea groups is 1. The monoisotopic (exact) mass is 430 g/mol. The number of hydrogen-bond acceptors (Lipinski definition) is 5. The number of pyridine rings is 1. The van der Waals surface area contributed by atoms with Gasteiger partial charge in [-0.2, -0.15) is 0 Å². The summed E-state index contributed by atoms with van der Waals surface area (Å²) in [6, 6.07) is 4.27. The lowest BCUT2D eigenvalue weighted by atomic mass is 9.86. The van der Waals surface area contributed by atoms with Crippen LogP contribution in [0.3, 0.4) is 0 Å². The van der Waals surface area contributed by atoms with Gasteiger partial charge in [0.05, 0.1) is 19.3 Å². The number of carbonyl (C=O) groups is 2. The van der Waals surface area contributed by atoms with Gasteiger partial charge in [0.2, 0.25) is 0 Å². The van der Waals surface area contributed by atoms with Crippen LogP contribution < -0.4 is 5.32 Å². The van der Waals surface area contributed by atoms with Crippen LogP contribution in [-0.4, -0.2) is 78.3 Å². The van der Waals surface area contributed by atoms with Gasteiger partial charge in [0.15, 0.2) is 6.10 Å². The van der Waals surface area contributed by atoms with Crippen molar-refractivity contribution in [1.82, 2.24) is 20.1 Å². The summed E-state index contributed by atoms with van der Waals surface area (Å²) in [6.45, 7) is 2.19. The zero-order valence-electron chi connectivity index (χ0n) is 18.4. The molecule has 2 atom stereocenters. The van der Waals surface area contributed by atoms with Crippen molar-refractivity contribution in [2.24, 2.45) is 0 Å². The molecule has 0 aromatic carbocycles. The fraction of sp³-hybridized carbons (Fsp3) is 0.696. The maximum Gasteiger partial charge on any atom is 0.317 e. The van der Waals surface area contributed by atoms with E-state index in [2.05, 4.69) is 10.3 Å². The van der Waals surface area contributed by atoms with E-state index in [1.54, 1.807) is 19.5 Å². The number of β-lactam (4-membered cyclic amide) rings is 1. The number of rotatable bonds is 7. The molecule has 3 aliphatic rings. The molecule has 3 amide bonds. The first-order valence-electron chi connectivity index (χ1n) is 11.6. The van der Waals surface area contributed by atoms with Crippen molar-refractivity contribution < 1.29 is 19.1 Å². The van der Waals surface area contributed by atoms with Gasteiger partial charge in [0.25, 0.3) is 5.91 Å². The molecule has 0 spiro atoms. The van der Waals surface area contributed by atoms with E-state index in [0.29, 0.717) is 32.3 Å². The number of carbonyl (C=O) groups excluding carboxylic acids is 2. The zero-order chi connectivity index (χ0) is 21.6.